The van der Waals surface area contributed by atoms with Gasteiger partial charge in [-0.3, -0.25) is 9.59 Å². The Morgan fingerprint density at radius 3 is 2.67 bits per heavy atom. The highest BCUT2D eigenvalue weighted by atomic mass is 16.1. The van der Waals surface area contributed by atoms with Gasteiger partial charge in [0.2, 0.25) is 0 Å². The van der Waals surface area contributed by atoms with Crippen molar-refractivity contribution in [1.29, 1.82) is 0 Å². The van der Waals surface area contributed by atoms with Gasteiger partial charge in [0.25, 0.3) is 5.91 Å². The fourth-order valence-corrected chi connectivity index (χ4v) is 2.04. The minimum absolute atomic E-state index is 0.185. The molecule has 0 spiro atoms. The largest absolute Gasteiger partial charge is 0.366 e. The number of allylic oxidation sites excluding steroid dienone is 1. The van der Waals surface area contributed by atoms with Crippen molar-refractivity contribution in [2.24, 2.45) is 5.73 Å². The van der Waals surface area contributed by atoms with Gasteiger partial charge in [-0.25, -0.2) is 0 Å². The van der Waals surface area contributed by atoms with Crippen LogP contribution in [0, 0.1) is 0 Å². The number of carbonyl (C=O) groups excluding carboxylic acids is 2. The third kappa shape index (κ3) is 2.77. The molecule has 0 heterocycles. The maximum atomic E-state index is 11.6. The normalized spacial score (nSPS) is 17.8. The second kappa shape index (κ2) is 5.49. The molecular weight excluding hydrogens is 228 g/mol. The van der Waals surface area contributed by atoms with E-state index in [1.54, 1.807) is 24.4 Å². The van der Waals surface area contributed by atoms with Gasteiger partial charge in [-0.05, 0) is 31.4 Å². The lowest BCUT2D eigenvalue weighted by Gasteiger charge is -2.13. The van der Waals surface area contributed by atoms with E-state index in [4.69, 9.17) is 5.73 Å². The number of benzene rings is 1. The quantitative estimate of drug-likeness (QED) is 0.801. The summed E-state index contributed by atoms with van der Waals surface area (Å²) in [5.74, 6) is -0.295. The van der Waals surface area contributed by atoms with E-state index >= 15 is 0 Å². The SMILES string of the molecule is NC(=O)c1ccccc1N/C=C1\CCCCC1=O. The molecule has 1 aromatic carbocycles. The van der Waals surface area contributed by atoms with Crippen molar-refractivity contribution in [3.63, 3.8) is 0 Å². The lowest BCUT2D eigenvalue weighted by Crippen LogP contribution is -2.14. The number of primary amides is 1. The van der Waals surface area contributed by atoms with E-state index in [9.17, 15) is 9.59 Å². The number of hydrogen-bond donors (Lipinski definition) is 2. The lowest BCUT2D eigenvalue weighted by molar-refractivity contribution is -0.116. The Kier molecular flexibility index (Phi) is 3.77. The molecule has 1 fully saturated rings. The zero-order chi connectivity index (χ0) is 13.0. The summed E-state index contributed by atoms with van der Waals surface area (Å²) in [6, 6.07) is 7.00. The van der Waals surface area contributed by atoms with Gasteiger partial charge in [0.15, 0.2) is 5.78 Å². The average Bonchev–Trinajstić information content (AvgIpc) is 2.38. The molecule has 3 N–H and O–H groups in total. The van der Waals surface area contributed by atoms with Crippen LogP contribution >= 0.6 is 0 Å². The van der Waals surface area contributed by atoms with Crippen LogP contribution in [0.5, 0.6) is 0 Å². The first kappa shape index (κ1) is 12.4. The number of amides is 1. The van der Waals surface area contributed by atoms with E-state index in [1.807, 2.05) is 6.07 Å². The molecule has 94 valence electrons. The molecule has 0 atom stereocenters. The Labute approximate surface area is 106 Å². The summed E-state index contributed by atoms with van der Waals surface area (Å²) >= 11 is 0. The van der Waals surface area contributed by atoms with Gasteiger partial charge >= 0.3 is 0 Å². The number of para-hydroxylation sites is 1. The van der Waals surface area contributed by atoms with Gasteiger partial charge < -0.3 is 11.1 Å². The van der Waals surface area contributed by atoms with Crippen LogP contribution in [-0.2, 0) is 4.79 Å². The van der Waals surface area contributed by atoms with Gasteiger partial charge in [0.05, 0.1) is 11.3 Å². The predicted octanol–water partition coefficient (Wildman–Crippen LogP) is 2.22. The van der Waals surface area contributed by atoms with Crippen LogP contribution < -0.4 is 11.1 Å². The van der Waals surface area contributed by atoms with Crippen LogP contribution in [0.25, 0.3) is 0 Å². The maximum absolute atomic E-state index is 11.6. The van der Waals surface area contributed by atoms with Crippen molar-refractivity contribution < 1.29 is 9.59 Å². The number of carbonyl (C=O) groups is 2. The standard InChI is InChI=1S/C14H16N2O2/c15-14(18)11-6-2-3-7-12(11)16-9-10-5-1-4-8-13(10)17/h2-3,6-7,9,16H,1,4-5,8H2,(H2,15,18)/b10-9+. The highest BCUT2D eigenvalue weighted by Gasteiger charge is 2.14. The van der Waals surface area contributed by atoms with Crippen LogP contribution in [0.4, 0.5) is 5.69 Å². The summed E-state index contributed by atoms with van der Waals surface area (Å²) in [6.07, 6.45) is 5.11. The summed E-state index contributed by atoms with van der Waals surface area (Å²) in [5, 5.41) is 3.01. The van der Waals surface area contributed by atoms with Crippen LogP contribution in [0.15, 0.2) is 36.0 Å². The minimum Gasteiger partial charge on any atom is -0.366 e. The Morgan fingerprint density at radius 1 is 1.22 bits per heavy atom. The molecule has 4 heteroatoms. The molecule has 1 aliphatic rings. The summed E-state index contributed by atoms with van der Waals surface area (Å²) < 4.78 is 0. The summed E-state index contributed by atoms with van der Waals surface area (Å²) in [7, 11) is 0. The molecule has 2 rings (SSSR count). The van der Waals surface area contributed by atoms with Gasteiger partial charge in [-0.2, -0.15) is 0 Å². The van der Waals surface area contributed by atoms with Crippen molar-refractivity contribution in [2.75, 3.05) is 5.32 Å². The molecule has 0 unspecified atom stereocenters. The van der Waals surface area contributed by atoms with Crippen molar-refractivity contribution in [2.45, 2.75) is 25.7 Å². The molecular formula is C14H16N2O2. The van der Waals surface area contributed by atoms with E-state index in [2.05, 4.69) is 5.32 Å². The molecule has 1 aromatic rings. The highest BCUT2D eigenvalue weighted by Crippen LogP contribution is 2.21. The van der Waals surface area contributed by atoms with Crippen molar-refractivity contribution in [1.82, 2.24) is 0 Å². The van der Waals surface area contributed by atoms with Crippen LogP contribution in [-0.4, -0.2) is 11.7 Å². The minimum atomic E-state index is -0.480. The topological polar surface area (TPSA) is 72.2 Å². The van der Waals surface area contributed by atoms with Crippen LogP contribution in [0.2, 0.25) is 0 Å². The molecule has 0 saturated heterocycles. The smallest absolute Gasteiger partial charge is 0.250 e. The fourth-order valence-electron chi connectivity index (χ4n) is 2.04. The van der Waals surface area contributed by atoms with Gasteiger partial charge in [0.1, 0.15) is 0 Å². The van der Waals surface area contributed by atoms with Crippen LogP contribution in [0.3, 0.4) is 0 Å². The molecule has 0 aromatic heterocycles. The number of rotatable bonds is 3. The van der Waals surface area contributed by atoms with Crippen LogP contribution in [0.1, 0.15) is 36.0 Å². The Balaban J connectivity index is 2.17. The first-order valence-electron chi connectivity index (χ1n) is 6.06. The number of ketones is 1. The second-order valence-electron chi connectivity index (χ2n) is 4.35. The fraction of sp³-hybridized carbons (Fsp3) is 0.286. The third-order valence-corrected chi connectivity index (χ3v) is 3.05. The van der Waals surface area contributed by atoms with E-state index < -0.39 is 5.91 Å². The first-order chi connectivity index (χ1) is 8.68. The third-order valence-electron chi connectivity index (χ3n) is 3.05. The van der Waals surface area contributed by atoms with E-state index in [0.717, 1.165) is 24.8 Å². The zero-order valence-corrected chi connectivity index (χ0v) is 10.1. The maximum Gasteiger partial charge on any atom is 0.250 e. The van der Waals surface area contributed by atoms with E-state index in [0.29, 0.717) is 17.7 Å². The molecule has 0 aliphatic heterocycles. The van der Waals surface area contributed by atoms with Crippen molar-refractivity contribution in [3.8, 4) is 0 Å². The lowest BCUT2D eigenvalue weighted by atomic mass is 9.94. The molecule has 18 heavy (non-hydrogen) atoms. The van der Waals surface area contributed by atoms with E-state index in [1.165, 1.54) is 0 Å². The van der Waals surface area contributed by atoms with Gasteiger partial charge in [-0.15, -0.1) is 0 Å². The second-order valence-corrected chi connectivity index (χ2v) is 4.35. The molecule has 1 saturated carbocycles. The Bertz CT molecular complexity index is 506. The summed E-state index contributed by atoms with van der Waals surface area (Å²) in [5.41, 5.74) is 7.14. The number of Topliss-reactive ketones (excluding diaryl/α,β-unsaturated/α-hetero) is 1. The van der Waals surface area contributed by atoms with Crippen molar-refractivity contribution >= 4 is 17.4 Å². The highest BCUT2D eigenvalue weighted by molar-refractivity contribution is 5.99. The molecule has 1 aliphatic carbocycles. The molecule has 0 bridgehead atoms. The van der Waals surface area contributed by atoms with E-state index in [-0.39, 0.29) is 5.78 Å². The number of anilines is 1. The number of hydrogen-bond acceptors (Lipinski definition) is 3. The molecule has 4 nitrogen and oxygen atoms in total. The Hall–Kier alpha value is -2.10. The predicted molar refractivity (Wildman–Crippen MR) is 70.1 cm³/mol. The molecule has 1 amide bonds. The number of nitrogens with one attached hydrogen (secondary N) is 1. The average molecular weight is 244 g/mol. The van der Waals surface area contributed by atoms with Gasteiger partial charge in [0, 0.05) is 18.2 Å². The summed E-state index contributed by atoms with van der Waals surface area (Å²) in [4.78, 5) is 22.9. The monoisotopic (exact) mass is 244 g/mol. The molecule has 0 radical (unpaired) electrons. The number of nitrogens with two attached hydrogens (primary N) is 1. The summed E-state index contributed by atoms with van der Waals surface area (Å²) in [6.45, 7) is 0. The Morgan fingerprint density at radius 2 is 1.94 bits per heavy atom. The first-order valence-corrected chi connectivity index (χ1v) is 6.06. The zero-order valence-electron chi connectivity index (χ0n) is 10.1. The van der Waals surface area contributed by atoms with Gasteiger partial charge in [-0.1, -0.05) is 12.1 Å². The van der Waals surface area contributed by atoms with Crippen molar-refractivity contribution in [3.05, 3.63) is 41.6 Å².